The van der Waals surface area contributed by atoms with Gasteiger partial charge in [0.1, 0.15) is 0 Å². The van der Waals surface area contributed by atoms with Gasteiger partial charge in [-0.05, 0) is 97.2 Å². The van der Waals surface area contributed by atoms with E-state index in [2.05, 4.69) is 27.7 Å². The van der Waals surface area contributed by atoms with E-state index in [0.717, 1.165) is 38.5 Å². The summed E-state index contributed by atoms with van der Waals surface area (Å²) >= 11 is 0. The van der Waals surface area contributed by atoms with Crippen LogP contribution in [0.3, 0.4) is 0 Å². The molecule has 11 atom stereocenters. The molecule has 0 bridgehead atoms. The molecule has 0 amide bonds. The van der Waals surface area contributed by atoms with Crippen LogP contribution in [0.2, 0.25) is 0 Å². The Hall–Kier alpha value is -0.650. The molecule has 4 rings (SSSR count). The molecular weight excluding hydrogens is 380 g/mol. The topological polar surface area (TPSA) is 98.0 Å². The van der Waals surface area contributed by atoms with Crippen LogP contribution in [0.25, 0.3) is 0 Å². The standard InChI is InChI=1S/C25H42O5/c1-14(5-8-21(29)30)17-6-7-18-22-19(27)12-15-11-16(26)9-10-23(15,2)24(22,3)13-20(28)25(17,18)4/h14-20,22,26-28H,5-13H2,1-4H3,(H,29,30)/t14-,15?,16-,17-,18+,19?,20+,22?,23+,24+,25-/m1/s1. The number of aliphatic carboxylic acids is 1. The number of carbonyl (C=O) groups is 1. The van der Waals surface area contributed by atoms with Crippen molar-refractivity contribution in [3.05, 3.63) is 0 Å². The second-order valence-corrected chi connectivity index (χ2v) is 12.1. The number of hydrogen-bond donors (Lipinski definition) is 4. The fourth-order valence-electron chi connectivity index (χ4n) is 9.20. The van der Waals surface area contributed by atoms with E-state index in [-0.39, 0.29) is 52.6 Å². The third-order valence-corrected chi connectivity index (χ3v) is 11.1. The summed E-state index contributed by atoms with van der Waals surface area (Å²) < 4.78 is 0. The van der Waals surface area contributed by atoms with Crippen molar-refractivity contribution in [2.75, 3.05) is 0 Å². The Bertz CT molecular complexity index is 680. The molecule has 0 heterocycles. The van der Waals surface area contributed by atoms with Crippen molar-refractivity contribution in [3.63, 3.8) is 0 Å². The average molecular weight is 423 g/mol. The average Bonchev–Trinajstić information content (AvgIpc) is 3.00. The molecule has 0 saturated heterocycles. The van der Waals surface area contributed by atoms with Gasteiger partial charge in [-0.3, -0.25) is 4.79 Å². The summed E-state index contributed by atoms with van der Waals surface area (Å²) in [5.74, 6) is 0.541. The monoisotopic (exact) mass is 422 g/mol. The van der Waals surface area contributed by atoms with E-state index in [4.69, 9.17) is 5.11 Å². The second kappa shape index (κ2) is 7.45. The van der Waals surface area contributed by atoms with Gasteiger partial charge in [0.15, 0.2) is 0 Å². The van der Waals surface area contributed by atoms with Crippen molar-refractivity contribution >= 4 is 5.97 Å². The first-order chi connectivity index (χ1) is 13.9. The molecule has 4 fully saturated rings. The molecule has 5 heteroatoms. The summed E-state index contributed by atoms with van der Waals surface area (Å²) in [6, 6.07) is 0. The molecule has 4 aliphatic rings. The highest BCUT2D eigenvalue weighted by molar-refractivity contribution is 5.66. The van der Waals surface area contributed by atoms with E-state index < -0.39 is 12.1 Å². The lowest BCUT2D eigenvalue weighted by Crippen LogP contribution is -2.67. The van der Waals surface area contributed by atoms with Gasteiger partial charge in [-0.15, -0.1) is 0 Å². The maximum atomic E-state index is 11.6. The van der Waals surface area contributed by atoms with Crippen LogP contribution in [0.4, 0.5) is 0 Å². The molecule has 4 aliphatic carbocycles. The molecule has 172 valence electrons. The normalized spacial score (nSPS) is 54.0. The Morgan fingerprint density at radius 2 is 1.73 bits per heavy atom. The van der Waals surface area contributed by atoms with Crippen LogP contribution in [0.1, 0.15) is 85.5 Å². The van der Waals surface area contributed by atoms with E-state index >= 15 is 0 Å². The van der Waals surface area contributed by atoms with Crippen molar-refractivity contribution < 1.29 is 25.2 Å². The smallest absolute Gasteiger partial charge is 0.303 e. The van der Waals surface area contributed by atoms with Gasteiger partial charge in [-0.1, -0.05) is 27.7 Å². The van der Waals surface area contributed by atoms with Crippen molar-refractivity contribution in [1.29, 1.82) is 0 Å². The largest absolute Gasteiger partial charge is 0.481 e. The zero-order chi connectivity index (χ0) is 22.1. The quantitative estimate of drug-likeness (QED) is 0.552. The zero-order valence-corrected chi connectivity index (χ0v) is 19.2. The van der Waals surface area contributed by atoms with Crippen LogP contribution in [-0.2, 0) is 4.79 Å². The third-order valence-electron chi connectivity index (χ3n) is 11.1. The molecule has 0 aromatic carbocycles. The molecule has 0 aliphatic heterocycles. The Kier molecular flexibility index (Phi) is 5.60. The Balaban J connectivity index is 1.66. The van der Waals surface area contributed by atoms with E-state index in [0.29, 0.717) is 24.7 Å². The fourth-order valence-corrected chi connectivity index (χ4v) is 9.20. The fraction of sp³-hybridized carbons (Fsp3) is 0.960. The van der Waals surface area contributed by atoms with Crippen LogP contribution in [-0.4, -0.2) is 44.7 Å². The Morgan fingerprint density at radius 1 is 1.03 bits per heavy atom. The first-order valence-corrected chi connectivity index (χ1v) is 12.2. The summed E-state index contributed by atoms with van der Waals surface area (Å²) in [6.07, 6.45) is 5.78. The van der Waals surface area contributed by atoms with E-state index in [1.54, 1.807) is 0 Å². The lowest BCUT2D eigenvalue weighted by Gasteiger charge is -2.69. The predicted molar refractivity (Wildman–Crippen MR) is 115 cm³/mol. The first kappa shape index (κ1) is 22.5. The van der Waals surface area contributed by atoms with Crippen LogP contribution in [0.5, 0.6) is 0 Å². The summed E-state index contributed by atoms with van der Waals surface area (Å²) in [5, 5.41) is 42.5. The number of fused-ring (bicyclic) bond motifs is 5. The van der Waals surface area contributed by atoms with Gasteiger partial charge >= 0.3 is 5.97 Å². The third kappa shape index (κ3) is 3.02. The second-order valence-electron chi connectivity index (χ2n) is 12.1. The minimum atomic E-state index is -0.750. The molecule has 0 spiro atoms. The van der Waals surface area contributed by atoms with E-state index in [1.807, 2.05) is 0 Å². The molecule has 4 saturated carbocycles. The number of carboxylic acids is 1. The Morgan fingerprint density at radius 3 is 2.40 bits per heavy atom. The number of aliphatic hydroxyl groups excluding tert-OH is 3. The van der Waals surface area contributed by atoms with Crippen LogP contribution < -0.4 is 0 Å². The van der Waals surface area contributed by atoms with Crippen LogP contribution >= 0.6 is 0 Å². The Labute approximate surface area is 181 Å². The van der Waals surface area contributed by atoms with Crippen LogP contribution in [0.15, 0.2) is 0 Å². The van der Waals surface area contributed by atoms with Gasteiger partial charge in [-0.25, -0.2) is 0 Å². The predicted octanol–water partition coefficient (Wildman–Crippen LogP) is 3.84. The van der Waals surface area contributed by atoms with Gasteiger partial charge in [0.2, 0.25) is 0 Å². The summed E-state index contributed by atoms with van der Waals surface area (Å²) in [6.45, 7) is 9.05. The minimum Gasteiger partial charge on any atom is -0.481 e. The SMILES string of the molecule is C[C@H](CCC(=O)O)[C@H]1CC[C@H]2C3C(O)CC4C[C@H](O)CC[C@]4(C)[C@@]3(C)C[C@H](O)[C@]12C. The minimum absolute atomic E-state index is 0.0332. The van der Waals surface area contributed by atoms with Gasteiger partial charge in [0.05, 0.1) is 18.3 Å². The summed E-state index contributed by atoms with van der Waals surface area (Å²) in [5.41, 5.74) is -0.371. The van der Waals surface area contributed by atoms with Gasteiger partial charge in [0.25, 0.3) is 0 Å². The van der Waals surface area contributed by atoms with Gasteiger partial charge in [0, 0.05) is 6.42 Å². The maximum Gasteiger partial charge on any atom is 0.303 e. The first-order valence-electron chi connectivity index (χ1n) is 12.2. The highest BCUT2D eigenvalue weighted by Gasteiger charge is 2.70. The molecule has 0 aromatic rings. The van der Waals surface area contributed by atoms with Crippen molar-refractivity contribution in [2.24, 2.45) is 45.8 Å². The highest BCUT2D eigenvalue weighted by Crippen LogP contribution is 2.73. The molecule has 4 N–H and O–H groups in total. The lowest BCUT2D eigenvalue weighted by molar-refractivity contribution is -0.251. The molecular formula is C25H42O5. The lowest BCUT2D eigenvalue weighted by atomic mass is 9.37. The number of hydrogen-bond acceptors (Lipinski definition) is 4. The van der Waals surface area contributed by atoms with E-state index in [9.17, 15) is 20.1 Å². The molecule has 5 nitrogen and oxygen atoms in total. The highest BCUT2D eigenvalue weighted by atomic mass is 16.4. The van der Waals surface area contributed by atoms with Crippen molar-refractivity contribution in [3.8, 4) is 0 Å². The zero-order valence-electron chi connectivity index (χ0n) is 19.2. The van der Waals surface area contributed by atoms with Crippen LogP contribution in [0, 0.1) is 45.8 Å². The number of aliphatic hydroxyl groups is 3. The molecule has 0 radical (unpaired) electrons. The molecule has 0 aromatic heterocycles. The van der Waals surface area contributed by atoms with Crippen molar-refractivity contribution in [2.45, 2.75) is 104 Å². The summed E-state index contributed by atoms with van der Waals surface area (Å²) in [7, 11) is 0. The number of rotatable bonds is 4. The number of carboxylic acid groups (broad SMARTS) is 1. The van der Waals surface area contributed by atoms with E-state index in [1.165, 1.54) is 0 Å². The molecule has 3 unspecified atom stereocenters. The summed E-state index contributed by atoms with van der Waals surface area (Å²) in [4.78, 5) is 11.1. The van der Waals surface area contributed by atoms with Gasteiger partial charge < -0.3 is 20.4 Å². The maximum absolute atomic E-state index is 11.6. The van der Waals surface area contributed by atoms with Crippen molar-refractivity contribution in [1.82, 2.24) is 0 Å². The molecule has 30 heavy (non-hydrogen) atoms. The van der Waals surface area contributed by atoms with Gasteiger partial charge in [-0.2, -0.15) is 0 Å².